The molecular formula is C13H14N4O2. The second-order valence-electron chi connectivity index (χ2n) is 3.80. The van der Waals surface area contributed by atoms with Gasteiger partial charge in [0.15, 0.2) is 11.5 Å². The predicted molar refractivity (Wildman–Crippen MR) is 69.8 cm³/mol. The summed E-state index contributed by atoms with van der Waals surface area (Å²) in [4.78, 5) is 12.0. The van der Waals surface area contributed by atoms with E-state index in [9.17, 15) is 4.79 Å². The minimum absolute atomic E-state index is 0.288. The maximum absolute atomic E-state index is 12.0. The van der Waals surface area contributed by atoms with E-state index in [1.807, 2.05) is 30.3 Å². The molecule has 6 heteroatoms. The highest BCUT2D eigenvalue weighted by atomic mass is 16.5. The molecule has 0 unspecified atom stereocenters. The number of benzene rings is 1. The van der Waals surface area contributed by atoms with Crippen LogP contribution in [0.15, 0.2) is 30.3 Å². The number of carbonyl (C=O) groups excluding carboxylic acids is 1. The summed E-state index contributed by atoms with van der Waals surface area (Å²) in [5.74, 6) is 0.0667. The molecule has 0 fully saturated rings. The summed E-state index contributed by atoms with van der Waals surface area (Å²) in [5.41, 5.74) is 1.16. The summed E-state index contributed by atoms with van der Waals surface area (Å²) in [5, 5.41) is 11.1. The Balaban J connectivity index is 2.43. The van der Waals surface area contributed by atoms with Gasteiger partial charge in [0.25, 0.3) is 0 Å². The summed E-state index contributed by atoms with van der Waals surface area (Å²) in [6.07, 6.45) is 1.70. The van der Waals surface area contributed by atoms with Crippen molar-refractivity contribution in [2.75, 3.05) is 6.61 Å². The average Bonchev–Trinajstić information content (AvgIpc) is 2.83. The van der Waals surface area contributed by atoms with E-state index >= 15 is 0 Å². The van der Waals surface area contributed by atoms with Gasteiger partial charge in [-0.15, -0.1) is 5.10 Å². The number of ether oxygens (including phenoxy) is 1. The van der Waals surface area contributed by atoms with E-state index in [1.54, 1.807) is 19.9 Å². The molecule has 0 amide bonds. The first-order valence-corrected chi connectivity index (χ1v) is 5.91. The van der Waals surface area contributed by atoms with Gasteiger partial charge in [-0.25, -0.2) is 4.79 Å². The third-order valence-corrected chi connectivity index (χ3v) is 2.44. The zero-order valence-corrected chi connectivity index (χ0v) is 10.8. The van der Waals surface area contributed by atoms with E-state index in [1.165, 1.54) is 4.68 Å². The Labute approximate surface area is 110 Å². The minimum atomic E-state index is -0.457. The number of rotatable bonds is 4. The fourth-order valence-corrected chi connectivity index (χ4v) is 1.57. The molecule has 6 nitrogen and oxygen atoms in total. The van der Waals surface area contributed by atoms with Crippen molar-refractivity contribution >= 4 is 17.7 Å². The molecule has 1 heterocycles. The first-order valence-electron chi connectivity index (χ1n) is 5.91. The second kappa shape index (κ2) is 5.90. The molecule has 0 bridgehead atoms. The Bertz CT molecular complexity index is 590. The van der Waals surface area contributed by atoms with Crippen LogP contribution in [0.25, 0.3) is 11.8 Å². The number of aryl methyl sites for hydroxylation is 1. The standard InChI is InChI=1S/C13H14N4O2/c1-3-19-13(18)12(17-10(2)14-15-16-17)9-11-7-5-4-6-8-11/h4-9H,3H2,1-2H3/b12-9+. The lowest BCUT2D eigenvalue weighted by Crippen LogP contribution is -2.14. The first kappa shape index (κ1) is 12.9. The highest BCUT2D eigenvalue weighted by Gasteiger charge is 2.16. The highest BCUT2D eigenvalue weighted by molar-refractivity contribution is 6.15. The van der Waals surface area contributed by atoms with E-state index < -0.39 is 5.97 Å². The zero-order chi connectivity index (χ0) is 13.7. The fourth-order valence-electron chi connectivity index (χ4n) is 1.57. The monoisotopic (exact) mass is 258 g/mol. The van der Waals surface area contributed by atoms with Crippen molar-refractivity contribution in [3.8, 4) is 0 Å². The topological polar surface area (TPSA) is 69.9 Å². The molecule has 0 saturated heterocycles. The maximum Gasteiger partial charge on any atom is 0.357 e. The molecule has 0 aliphatic carbocycles. The lowest BCUT2D eigenvalue weighted by Gasteiger charge is -2.07. The molecule has 0 aliphatic rings. The van der Waals surface area contributed by atoms with Gasteiger partial charge < -0.3 is 4.74 Å². The number of nitrogens with zero attached hydrogens (tertiary/aromatic N) is 4. The first-order chi connectivity index (χ1) is 9.22. The molecule has 1 aromatic carbocycles. The molecule has 0 N–H and O–H groups in total. The molecule has 0 aliphatic heterocycles. The van der Waals surface area contributed by atoms with Crippen LogP contribution in [0, 0.1) is 6.92 Å². The van der Waals surface area contributed by atoms with Crippen molar-refractivity contribution in [3.63, 3.8) is 0 Å². The zero-order valence-electron chi connectivity index (χ0n) is 10.8. The van der Waals surface area contributed by atoms with Crippen molar-refractivity contribution in [2.45, 2.75) is 13.8 Å². The van der Waals surface area contributed by atoms with E-state index in [2.05, 4.69) is 15.5 Å². The molecule has 2 aromatic rings. The normalized spacial score (nSPS) is 11.4. The highest BCUT2D eigenvalue weighted by Crippen LogP contribution is 2.13. The van der Waals surface area contributed by atoms with Crippen molar-refractivity contribution in [3.05, 3.63) is 41.7 Å². The van der Waals surface area contributed by atoms with Gasteiger partial charge in [-0.2, -0.15) is 4.68 Å². The summed E-state index contributed by atoms with van der Waals surface area (Å²) in [6.45, 7) is 3.77. The molecule has 0 saturated carbocycles. The Morgan fingerprint density at radius 2 is 2.11 bits per heavy atom. The number of aromatic nitrogens is 4. The largest absolute Gasteiger partial charge is 0.461 e. The van der Waals surface area contributed by atoms with Crippen LogP contribution >= 0.6 is 0 Å². The van der Waals surface area contributed by atoms with Crippen LogP contribution in [0.1, 0.15) is 18.3 Å². The third-order valence-electron chi connectivity index (χ3n) is 2.44. The lowest BCUT2D eigenvalue weighted by molar-refractivity contribution is -0.136. The van der Waals surface area contributed by atoms with Gasteiger partial charge >= 0.3 is 5.97 Å². The van der Waals surface area contributed by atoms with Crippen LogP contribution in [0.4, 0.5) is 0 Å². The van der Waals surface area contributed by atoms with Gasteiger partial charge in [-0.1, -0.05) is 30.3 Å². The predicted octanol–water partition coefficient (Wildman–Crippen LogP) is 1.54. The average molecular weight is 258 g/mol. The van der Waals surface area contributed by atoms with Gasteiger partial charge in [0.2, 0.25) is 0 Å². The summed E-state index contributed by atoms with van der Waals surface area (Å²) < 4.78 is 6.40. The van der Waals surface area contributed by atoms with Gasteiger partial charge in [0.05, 0.1) is 6.61 Å². The van der Waals surface area contributed by atoms with Gasteiger partial charge in [-0.05, 0) is 35.9 Å². The molecule has 98 valence electrons. The van der Waals surface area contributed by atoms with Crippen LogP contribution in [0.5, 0.6) is 0 Å². The summed E-state index contributed by atoms with van der Waals surface area (Å²) in [7, 11) is 0. The van der Waals surface area contributed by atoms with Crippen molar-refractivity contribution in [2.24, 2.45) is 0 Å². The third kappa shape index (κ3) is 3.04. The van der Waals surface area contributed by atoms with Crippen LogP contribution in [-0.2, 0) is 9.53 Å². The Kier molecular flexibility index (Phi) is 4.02. The summed E-state index contributed by atoms with van der Waals surface area (Å²) >= 11 is 0. The number of hydrogen-bond acceptors (Lipinski definition) is 5. The fraction of sp³-hybridized carbons (Fsp3) is 0.231. The molecule has 0 radical (unpaired) electrons. The number of esters is 1. The van der Waals surface area contributed by atoms with Gasteiger partial charge in [0.1, 0.15) is 0 Å². The maximum atomic E-state index is 12.0. The Morgan fingerprint density at radius 3 is 2.68 bits per heavy atom. The van der Waals surface area contributed by atoms with Crippen molar-refractivity contribution < 1.29 is 9.53 Å². The van der Waals surface area contributed by atoms with Crippen molar-refractivity contribution in [1.82, 2.24) is 20.2 Å². The second-order valence-corrected chi connectivity index (χ2v) is 3.80. The molecular weight excluding hydrogens is 244 g/mol. The Hall–Kier alpha value is -2.50. The Morgan fingerprint density at radius 1 is 1.37 bits per heavy atom. The van der Waals surface area contributed by atoms with Crippen molar-refractivity contribution in [1.29, 1.82) is 0 Å². The lowest BCUT2D eigenvalue weighted by atomic mass is 10.2. The number of tetrazole rings is 1. The van der Waals surface area contributed by atoms with Gasteiger partial charge in [0, 0.05) is 0 Å². The van der Waals surface area contributed by atoms with Crippen LogP contribution < -0.4 is 0 Å². The SMILES string of the molecule is CCOC(=O)/C(=C\c1ccccc1)n1nnnc1C. The number of hydrogen-bond donors (Lipinski definition) is 0. The number of carbonyl (C=O) groups is 1. The molecule has 2 rings (SSSR count). The van der Waals surface area contributed by atoms with Crippen LogP contribution in [0.3, 0.4) is 0 Å². The molecule has 0 spiro atoms. The molecule has 0 atom stereocenters. The summed E-state index contributed by atoms with van der Waals surface area (Å²) in [6, 6.07) is 9.46. The smallest absolute Gasteiger partial charge is 0.357 e. The molecule has 1 aromatic heterocycles. The van der Waals surface area contributed by atoms with Crippen LogP contribution in [-0.4, -0.2) is 32.8 Å². The molecule has 19 heavy (non-hydrogen) atoms. The van der Waals surface area contributed by atoms with Crippen LogP contribution in [0.2, 0.25) is 0 Å². The van der Waals surface area contributed by atoms with E-state index in [-0.39, 0.29) is 5.70 Å². The van der Waals surface area contributed by atoms with E-state index in [4.69, 9.17) is 4.74 Å². The quantitative estimate of drug-likeness (QED) is 0.614. The minimum Gasteiger partial charge on any atom is -0.461 e. The van der Waals surface area contributed by atoms with E-state index in [0.29, 0.717) is 12.4 Å². The van der Waals surface area contributed by atoms with Gasteiger partial charge in [-0.3, -0.25) is 0 Å². The van der Waals surface area contributed by atoms with E-state index in [0.717, 1.165) is 5.56 Å².